The van der Waals surface area contributed by atoms with Crippen LogP contribution in [0.4, 0.5) is 10.5 Å². The van der Waals surface area contributed by atoms with Crippen LogP contribution in [-0.2, 0) is 0 Å². The SMILES string of the molecule is CCN(C(=O)Nc1cccc(Cl)c1)C(C)c1nc2ccccc2c(=O)n1-c1ccc(C)cc1C. The largest absolute Gasteiger partial charge is 0.322 e. The molecule has 0 aliphatic carbocycles. The second-order valence-electron chi connectivity index (χ2n) is 8.32. The van der Waals surface area contributed by atoms with Gasteiger partial charge in [0.05, 0.1) is 22.6 Å². The Morgan fingerprint density at radius 3 is 2.56 bits per heavy atom. The molecule has 4 rings (SSSR count). The van der Waals surface area contributed by atoms with Gasteiger partial charge >= 0.3 is 6.03 Å². The van der Waals surface area contributed by atoms with Crippen molar-refractivity contribution in [3.8, 4) is 5.69 Å². The Morgan fingerprint density at radius 2 is 1.85 bits per heavy atom. The lowest BCUT2D eigenvalue weighted by atomic mass is 10.1. The van der Waals surface area contributed by atoms with Crippen LogP contribution < -0.4 is 10.9 Å². The molecule has 1 heterocycles. The summed E-state index contributed by atoms with van der Waals surface area (Å²) >= 11 is 6.07. The first-order valence-electron chi connectivity index (χ1n) is 11.2. The van der Waals surface area contributed by atoms with Crippen LogP contribution in [0.15, 0.2) is 71.5 Å². The first-order valence-corrected chi connectivity index (χ1v) is 11.6. The molecule has 1 N–H and O–H groups in total. The topological polar surface area (TPSA) is 67.2 Å². The van der Waals surface area contributed by atoms with E-state index in [2.05, 4.69) is 5.32 Å². The Hall–Kier alpha value is -3.64. The maximum atomic E-state index is 13.7. The van der Waals surface area contributed by atoms with Crippen LogP contribution in [0, 0.1) is 13.8 Å². The second kappa shape index (κ2) is 9.69. The number of aryl methyl sites for hydroxylation is 2. The summed E-state index contributed by atoms with van der Waals surface area (Å²) in [6.07, 6.45) is 0. The van der Waals surface area contributed by atoms with Crippen molar-refractivity contribution in [1.29, 1.82) is 0 Å². The van der Waals surface area contributed by atoms with E-state index in [9.17, 15) is 9.59 Å². The molecule has 6 nitrogen and oxygen atoms in total. The Morgan fingerprint density at radius 1 is 1.09 bits per heavy atom. The molecule has 0 fully saturated rings. The Bertz CT molecular complexity index is 1430. The van der Waals surface area contributed by atoms with Crippen molar-refractivity contribution < 1.29 is 4.79 Å². The predicted octanol–water partition coefficient (Wildman–Crippen LogP) is 6.27. The van der Waals surface area contributed by atoms with Gasteiger partial charge in [-0.05, 0) is 69.7 Å². The molecule has 174 valence electrons. The lowest BCUT2D eigenvalue weighted by Gasteiger charge is -2.30. The third-order valence-corrected chi connectivity index (χ3v) is 6.15. The molecule has 0 spiro atoms. The summed E-state index contributed by atoms with van der Waals surface area (Å²) in [5, 5.41) is 3.97. The minimum Gasteiger partial charge on any atom is -0.315 e. The highest BCUT2D eigenvalue weighted by molar-refractivity contribution is 6.30. The zero-order valence-electron chi connectivity index (χ0n) is 19.7. The molecule has 0 aliphatic rings. The summed E-state index contributed by atoms with van der Waals surface area (Å²) in [4.78, 5) is 33.4. The fourth-order valence-corrected chi connectivity index (χ4v) is 4.40. The van der Waals surface area contributed by atoms with Crippen LogP contribution in [0.1, 0.15) is 36.8 Å². The molecule has 0 saturated heterocycles. The van der Waals surface area contributed by atoms with Crippen LogP contribution in [0.2, 0.25) is 5.02 Å². The van der Waals surface area contributed by atoms with Crippen LogP contribution in [0.5, 0.6) is 0 Å². The average Bonchev–Trinajstić information content (AvgIpc) is 2.80. The second-order valence-corrected chi connectivity index (χ2v) is 8.76. The quantitative estimate of drug-likeness (QED) is 0.370. The summed E-state index contributed by atoms with van der Waals surface area (Å²) in [6.45, 7) is 8.19. The highest BCUT2D eigenvalue weighted by atomic mass is 35.5. The Labute approximate surface area is 203 Å². The van der Waals surface area contributed by atoms with Gasteiger partial charge in [-0.2, -0.15) is 0 Å². The van der Waals surface area contributed by atoms with E-state index in [1.807, 2.05) is 64.1 Å². The smallest absolute Gasteiger partial charge is 0.315 e. The fourth-order valence-electron chi connectivity index (χ4n) is 4.21. The molecule has 0 bridgehead atoms. The van der Waals surface area contributed by atoms with Crippen LogP contribution in [0.25, 0.3) is 16.6 Å². The van der Waals surface area contributed by atoms with Gasteiger partial charge in [-0.25, -0.2) is 9.78 Å². The number of hydrogen-bond acceptors (Lipinski definition) is 3. The number of para-hydroxylation sites is 1. The van der Waals surface area contributed by atoms with Gasteiger partial charge in [-0.15, -0.1) is 0 Å². The average molecular weight is 475 g/mol. The van der Waals surface area contributed by atoms with Gasteiger partial charge in [0.15, 0.2) is 0 Å². The molecule has 34 heavy (non-hydrogen) atoms. The van der Waals surface area contributed by atoms with E-state index in [-0.39, 0.29) is 11.6 Å². The molecular formula is C27H27ClN4O2. The normalized spacial score (nSPS) is 11.9. The third-order valence-electron chi connectivity index (χ3n) is 5.91. The maximum Gasteiger partial charge on any atom is 0.322 e. The van der Waals surface area contributed by atoms with E-state index in [1.165, 1.54) is 0 Å². The number of amides is 2. The van der Waals surface area contributed by atoms with Crippen molar-refractivity contribution in [3.63, 3.8) is 0 Å². The van der Waals surface area contributed by atoms with E-state index in [0.29, 0.717) is 34.0 Å². The van der Waals surface area contributed by atoms with Crippen molar-refractivity contribution in [2.24, 2.45) is 0 Å². The van der Waals surface area contributed by atoms with Crippen LogP contribution >= 0.6 is 11.6 Å². The number of urea groups is 1. The zero-order valence-corrected chi connectivity index (χ0v) is 20.4. The molecule has 1 aromatic heterocycles. The van der Waals surface area contributed by atoms with Crippen molar-refractivity contribution in [2.75, 3.05) is 11.9 Å². The lowest BCUT2D eigenvalue weighted by molar-refractivity contribution is 0.193. The molecule has 3 aromatic carbocycles. The summed E-state index contributed by atoms with van der Waals surface area (Å²) < 4.78 is 1.64. The number of nitrogens with one attached hydrogen (secondary N) is 1. The number of nitrogens with zero attached hydrogens (tertiary/aromatic N) is 3. The molecule has 7 heteroatoms. The molecule has 1 atom stereocenters. The number of carbonyl (C=O) groups excluding carboxylic acids is 1. The minimum absolute atomic E-state index is 0.161. The number of aromatic nitrogens is 2. The van der Waals surface area contributed by atoms with Gasteiger partial charge < -0.3 is 10.2 Å². The number of halogens is 1. The monoisotopic (exact) mass is 474 g/mol. The lowest BCUT2D eigenvalue weighted by Crippen LogP contribution is -2.39. The van der Waals surface area contributed by atoms with Crippen LogP contribution in [0.3, 0.4) is 0 Å². The van der Waals surface area contributed by atoms with Crippen molar-refractivity contribution in [2.45, 2.75) is 33.7 Å². The van der Waals surface area contributed by atoms with E-state index in [4.69, 9.17) is 16.6 Å². The van der Waals surface area contributed by atoms with Crippen molar-refractivity contribution in [3.05, 3.63) is 99.1 Å². The number of hydrogen-bond donors (Lipinski definition) is 1. The maximum absolute atomic E-state index is 13.7. The standard InChI is InChI=1S/C27H27ClN4O2/c1-5-31(27(34)29-21-10-8-9-20(28)16-21)19(4)25-30-23-12-7-6-11-22(23)26(33)32(25)24-14-13-17(2)15-18(24)3/h6-16,19H,5H2,1-4H3,(H,29,34). The molecule has 4 aromatic rings. The third kappa shape index (κ3) is 4.54. The van der Waals surface area contributed by atoms with E-state index in [0.717, 1.165) is 16.8 Å². The number of fused-ring (bicyclic) bond motifs is 1. The minimum atomic E-state index is -0.484. The predicted molar refractivity (Wildman–Crippen MR) is 138 cm³/mol. The summed E-state index contributed by atoms with van der Waals surface area (Å²) in [6, 6.07) is 19.4. The first-order chi connectivity index (χ1) is 16.3. The van der Waals surface area contributed by atoms with E-state index in [1.54, 1.807) is 39.8 Å². The summed E-state index contributed by atoms with van der Waals surface area (Å²) in [7, 11) is 0. The molecule has 2 amide bonds. The van der Waals surface area contributed by atoms with Gasteiger partial charge in [0.1, 0.15) is 5.82 Å². The molecule has 0 aliphatic heterocycles. The van der Waals surface area contributed by atoms with Crippen molar-refractivity contribution >= 4 is 34.2 Å². The molecule has 0 saturated carbocycles. The van der Waals surface area contributed by atoms with Gasteiger partial charge in [-0.3, -0.25) is 9.36 Å². The number of carbonyl (C=O) groups is 1. The first kappa shape index (κ1) is 23.5. The number of anilines is 1. The summed E-state index contributed by atoms with van der Waals surface area (Å²) in [5.41, 5.74) is 3.85. The van der Waals surface area contributed by atoms with Crippen LogP contribution in [-0.4, -0.2) is 27.0 Å². The summed E-state index contributed by atoms with van der Waals surface area (Å²) in [5.74, 6) is 0.499. The number of rotatable bonds is 5. The highest BCUT2D eigenvalue weighted by Gasteiger charge is 2.26. The van der Waals surface area contributed by atoms with Gasteiger partial charge in [-0.1, -0.05) is 47.5 Å². The van der Waals surface area contributed by atoms with Gasteiger partial charge in [0.25, 0.3) is 5.56 Å². The fraction of sp³-hybridized carbons (Fsp3) is 0.222. The van der Waals surface area contributed by atoms with Crippen molar-refractivity contribution in [1.82, 2.24) is 14.5 Å². The zero-order chi connectivity index (χ0) is 24.4. The highest BCUT2D eigenvalue weighted by Crippen LogP contribution is 2.25. The van der Waals surface area contributed by atoms with Gasteiger partial charge in [0.2, 0.25) is 0 Å². The number of benzene rings is 3. The van der Waals surface area contributed by atoms with E-state index < -0.39 is 6.04 Å². The van der Waals surface area contributed by atoms with E-state index >= 15 is 0 Å². The molecule has 1 unspecified atom stereocenters. The molecule has 0 radical (unpaired) electrons. The Balaban J connectivity index is 1.84. The Kier molecular flexibility index (Phi) is 6.70. The molecular weight excluding hydrogens is 448 g/mol. The van der Waals surface area contributed by atoms with Gasteiger partial charge in [0, 0.05) is 17.3 Å².